The van der Waals surface area contributed by atoms with Crippen molar-refractivity contribution in [1.29, 1.82) is 0 Å². The van der Waals surface area contributed by atoms with Crippen molar-refractivity contribution in [1.82, 2.24) is 10.2 Å². The molecule has 1 saturated heterocycles. The van der Waals surface area contributed by atoms with Crippen LogP contribution in [0.4, 0.5) is 0 Å². The fourth-order valence-corrected chi connectivity index (χ4v) is 1.63. The number of guanidine groups is 1. The van der Waals surface area contributed by atoms with E-state index in [1.165, 1.54) is 0 Å². The molecule has 1 heterocycles. The van der Waals surface area contributed by atoms with Crippen molar-refractivity contribution >= 4 is 5.96 Å². The number of hydrogen-bond acceptors (Lipinski definition) is 3. The summed E-state index contributed by atoms with van der Waals surface area (Å²) in [6.07, 6.45) is 1.76. The molecule has 3 N–H and O–H groups in total. The van der Waals surface area contributed by atoms with Crippen LogP contribution in [0.3, 0.4) is 0 Å². The fraction of sp³-hybridized carbons (Fsp3) is 0.727. The molecule has 1 unspecified atom stereocenters. The topological polar surface area (TPSA) is 62.9 Å². The highest BCUT2D eigenvalue weighted by atomic mass is 16.5. The van der Waals surface area contributed by atoms with Crippen LogP contribution in [0, 0.1) is 0 Å². The molecule has 92 valence electrons. The molecule has 0 amide bonds. The summed E-state index contributed by atoms with van der Waals surface area (Å²) in [7, 11) is 0. The summed E-state index contributed by atoms with van der Waals surface area (Å²) in [5.74, 6) is 0.487. The summed E-state index contributed by atoms with van der Waals surface area (Å²) in [6, 6.07) is 0.478. The van der Waals surface area contributed by atoms with E-state index >= 15 is 0 Å². The Bertz CT molecular complexity index is 242. The minimum Gasteiger partial charge on any atom is -0.379 e. The van der Waals surface area contributed by atoms with Crippen LogP contribution in [0.15, 0.2) is 17.6 Å². The summed E-state index contributed by atoms with van der Waals surface area (Å²) in [6.45, 7) is 10.7. The molecular formula is C11H22N4O. The summed E-state index contributed by atoms with van der Waals surface area (Å²) in [5, 5.41) is 2.95. The number of nitrogens with one attached hydrogen (secondary N) is 1. The normalized spacial score (nSPS) is 23.1. The monoisotopic (exact) mass is 226 g/mol. The maximum absolute atomic E-state index is 5.66. The predicted octanol–water partition coefficient (Wildman–Crippen LogP) is -0.203. The number of rotatable bonds is 5. The first-order valence-corrected chi connectivity index (χ1v) is 5.70. The number of morpholine rings is 1. The molecule has 0 aromatic carbocycles. The van der Waals surface area contributed by atoms with E-state index in [0.717, 1.165) is 32.8 Å². The van der Waals surface area contributed by atoms with Gasteiger partial charge in [0.25, 0.3) is 0 Å². The van der Waals surface area contributed by atoms with Crippen LogP contribution < -0.4 is 11.1 Å². The van der Waals surface area contributed by atoms with Gasteiger partial charge < -0.3 is 15.8 Å². The average molecular weight is 226 g/mol. The van der Waals surface area contributed by atoms with Gasteiger partial charge in [0.05, 0.1) is 19.8 Å². The number of nitrogens with zero attached hydrogens (tertiary/aromatic N) is 2. The molecule has 1 aliphatic rings. The molecule has 0 aromatic rings. The van der Waals surface area contributed by atoms with Crippen LogP contribution in [0.2, 0.25) is 0 Å². The zero-order valence-electron chi connectivity index (χ0n) is 9.98. The van der Waals surface area contributed by atoms with Crippen molar-refractivity contribution in [3.63, 3.8) is 0 Å². The molecule has 1 rings (SSSR count). The standard InChI is InChI=1S/C11H22N4O/c1-3-4-13-11(12)14-5-6-15-7-8-16-9-10(15)2/h3,10H,1,4-9H2,2H3,(H3,12,13,14). The lowest BCUT2D eigenvalue weighted by Gasteiger charge is -2.32. The second kappa shape index (κ2) is 7.24. The average Bonchev–Trinajstić information content (AvgIpc) is 2.29. The van der Waals surface area contributed by atoms with Gasteiger partial charge in [0, 0.05) is 25.7 Å². The molecule has 0 aromatic heterocycles. The summed E-state index contributed by atoms with van der Waals surface area (Å²) < 4.78 is 5.37. The minimum absolute atomic E-state index is 0.478. The lowest BCUT2D eigenvalue weighted by molar-refractivity contribution is 0.00141. The van der Waals surface area contributed by atoms with Gasteiger partial charge >= 0.3 is 0 Å². The highest BCUT2D eigenvalue weighted by Gasteiger charge is 2.17. The van der Waals surface area contributed by atoms with Gasteiger partial charge in [-0.05, 0) is 6.92 Å². The molecule has 0 radical (unpaired) electrons. The Kier molecular flexibility index (Phi) is 5.88. The summed E-state index contributed by atoms with van der Waals surface area (Å²) in [5.41, 5.74) is 5.66. The third kappa shape index (κ3) is 4.63. The zero-order chi connectivity index (χ0) is 11.8. The van der Waals surface area contributed by atoms with E-state index in [9.17, 15) is 0 Å². The van der Waals surface area contributed by atoms with Crippen LogP contribution in [0.1, 0.15) is 6.92 Å². The Hall–Kier alpha value is -1.07. The maximum atomic E-state index is 5.66. The Morgan fingerprint density at radius 2 is 2.56 bits per heavy atom. The molecule has 0 bridgehead atoms. The highest BCUT2D eigenvalue weighted by molar-refractivity contribution is 5.77. The SMILES string of the molecule is C=CCNC(N)=NCCN1CCOCC1C. The van der Waals surface area contributed by atoms with Gasteiger partial charge in [-0.15, -0.1) is 6.58 Å². The van der Waals surface area contributed by atoms with E-state index in [4.69, 9.17) is 10.5 Å². The van der Waals surface area contributed by atoms with E-state index in [-0.39, 0.29) is 0 Å². The molecule has 1 fully saturated rings. The van der Waals surface area contributed by atoms with E-state index < -0.39 is 0 Å². The van der Waals surface area contributed by atoms with Crippen molar-refractivity contribution in [3.8, 4) is 0 Å². The van der Waals surface area contributed by atoms with E-state index in [0.29, 0.717) is 18.5 Å². The Labute approximate surface area is 97.4 Å². The number of nitrogens with two attached hydrogens (primary N) is 1. The van der Waals surface area contributed by atoms with Crippen LogP contribution in [0.5, 0.6) is 0 Å². The number of hydrogen-bond donors (Lipinski definition) is 2. The van der Waals surface area contributed by atoms with Gasteiger partial charge in [0.15, 0.2) is 5.96 Å². The Morgan fingerprint density at radius 1 is 1.75 bits per heavy atom. The van der Waals surface area contributed by atoms with Gasteiger partial charge in [-0.3, -0.25) is 9.89 Å². The molecule has 5 nitrogen and oxygen atoms in total. The van der Waals surface area contributed by atoms with Gasteiger partial charge in [-0.1, -0.05) is 6.08 Å². The third-order valence-electron chi connectivity index (χ3n) is 2.60. The first-order valence-electron chi connectivity index (χ1n) is 5.70. The molecule has 0 spiro atoms. The van der Waals surface area contributed by atoms with Gasteiger partial charge in [-0.2, -0.15) is 0 Å². The third-order valence-corrected chi connectivity index (χ3v) is 2.60. The first-order chi connectivity index (χ1) is 7.74. The van der Waals surface area contributed by atoms with Crippen LogP contribution >= 0.6 is 0 Å². The zero-order valence-corrected chi connectivity index (χ0v) is 9.98. The molecule has 5 heteroatoms. The molecule has 1 aliphatic heterocycles. The van der Waals surface area contributed by atoms with E-state index in [1.807, 2.05) is 0 Å². The summed E-state index contributed by atoms with van der Waals surface area (Å²) >= 11 is 0. The second-order valence-electron chi connectivity index (χ2n) is 3.90. The highest BCUT2D eigenvalue weighted by Crippen LogP contribution is 2.04. The smallest absolute Gasteiger partial charge is 0.188 e. The van der Waals surface area contributed by atoms with Gasteiger partial charge in [-0.25, -0.2) is 0 Å². The minimum atomic E-state index is 0.478. The van der Waals surface area contributed by atoms with Crippen molar-refractivity contribution in [2.75, 3.05) is 39.4 Å². The maximum Gasteiger partial charge on any atom is 0.188 e. The fourth-order valence-electron chi connectivity index (χ4n) is 1.63. The lowest BCUT2D eigenvalue weighted by Crippen LogP contribution is -2.45. The molecule has 16 heavy (non-hydrogen) atoms. The van der Waals surface area contributed by atoms with Gasteiger partial charge in [0.1, 0.15) is 0 Å². The number of ether oxygens (including phenoxy) is 1. The van der Waals surface area contributed by atoms with E-state index in [1.54, 1.807) is 6.08 Å². The van der Waals surface area contributed by atoms with Crippen LogP contribution in [0.25, 0.3) is 0 Å². The first kappa shape index (κ1) is 13.0. The van der Waals surface area contributed by atoms with Crippen molar-refractivity contribution in [3.05, 3.63) is 12.7 Å². The summed E-state index contributed by atoms with van der Waals surface area (Å²) in [4.78, 5) is 6.61. The largest absolute Gasteiger partial charge is 0.379 e. The quantitative estimate of drug-likeness (QED) is 0.387. The van der Waals surface area contributed by atoms with Gasteiger partial charge in [0.2, 0.25) is 0 Å². The number of aliphatic imine (C=N–C) groups is 1. The van der Waals surface area contributed by atoms with Crippen LogP contribution in [-0.2, 0) is 4.74 Å². The Morgan fingerprint density at radius 3 is 3.25 bits per heavy atom. The van der Waals surface area contributed by atoms with Crippen LogP contribution in [-0.4, -0.2) is 56.3 Å². The van der Waals surface area contributed by atoms with Crippen molar-refractivity contribution in [2.24, 2.45) is 10.7 Å². The van der Waals surface area contributed by atoms with Crippen molar-refractivity contribution < 1.29 is 4.74 Å². The van der Waals surface area contributed by atoms with Crippen molar-refractivity contribution in [2.45, 2.75) is 13.0 Å². The molecule has 1 atom stereocenters. The second-order valence-corrected chi connectivity index (χ2v) is 3.90. The molecule has 0 aliphatic carbocycles. The molecular weight excluding hydrogens is 204 g/mol. The lowest BCUT2D eigenvalue weighted by atomic mass is 10.2. The predicted molar refractivity (Wildman–Crippen MR) is 66.5 cm³/mol. The van der Waals surface area contributed by atoms with E-state index in [2.05, 4.69) is 28.7 Å². The Balaban J connectivity index is 2.20. The molecule has 0 saturated carbocycles.